The maximum Gasteiger partial charge on any atom is 0.323 e. The van der Waals surface area contributed by atoms with Gasteiger partial charge in [-0.3, -0.25) is 4.79 Å². The Balaban J connectivity index is 2.25. The van der Waals surface area contributed by atoms with Crippen LogP contribution in [0.1, 0.15) is 44.9 Å². The maximum atomic E-state index is 11.7. The summed E-state index contributed by atoms with van der Waals surface area (Å²) in [5.41, 5.74) is 5.77. The summed E-state index contributed by atoms with van der Waals surface area (Å²) in [6, 6.07) is -0.435. The molecule has 0 amide bonds. The van der Waals surface area contributed by atoms with Crippen LogP contribution < -0.4 is 5.73 Å². The molecule has 2 N–H and O–H groups in total. The van der Waals surface area contributed by atoms with Gasteiger partial charge in [-0.05, 0) is 44.1 Å². The number of ether oxygens (including phenoxy) is 1. The van der Waals surface area contributed by atoms with Crippen molar-refractivity contribution in [3.05, 3.63) is 0 Å². The topological polar surface area (TPSA) is 52.3 Å². The first-order chi connectivity index (χ1) is 7.74. The van der Waals surface area contributed by atoms with Crippen LogP contribution in [-0.2, 0) is 9.53 Å². The van der Waals surface area contributed by atoms with Crippen molar-refractivity contribution in [2.45, 2.75) is 57.1 Å². The fourth-order valence-electron chi connectivity index (χ4n) is 1.97. The lowest BCUT2D eigenvalue weighted by molar-refractivity contribution is -0.151. The highest BCUT2D eigenvalue weighted by Gasteiger charge is 2.20. The molecular weight excluding hydrogens is 222 g/mol. The van der Waals surface area contributed by atoms with E-state index in [-0.39, 0.29) is 12.1 Å². The Morgan fingerprint density at radius 1 is 1.38 bits per heavy atom. The van der Waals surface area contributed by atoms with Crippen LogP contribution in [0.3, 0.4) is 0 Å². The third-order valence-electron chi connectivity index (χ3n) is 3.02. The molecule has 1 aliphatic carbocycles. The van der Waals surface area contributed by atoms with Gasteiger partial charge in [0.15, 0.2) is 0 Å². The van der Waals surface area contributed by atoms with Crippen LogP contribution in [0, 0.1) is 0 Å². The molecule has 0 aliphatic heterocycles. The van der Waals surface area contributed by atoms with Crippen molar-refractivity contribution in [3.8, 4) is 0 Å². The lowest BCUT2D eigenvalue weighted by atomic mass is 10.1. The lowest BCUT2D eigenvalue weighted by Crippen LogP contribution is -2.35. The predicted octanol–water partition coefficient (Wildman–Crippen LogP) is 2.33. The van der Waals surface area contributed by atoms with E-state index in [9.17, 15) is 4.79 Å². The number of carbonyl (C=O) groups excluding carboxylic acids is 1. The van der Waals surface area contributed by atoms with Crippen molar-refractivity contribution in [1.82, 2.24) is 0 Å². The third-order valence-corrected chi connectivity index (χ3v) is 3.66. The molecule has 1 fully saturated rings. The van der Waals surface area contributed by atoms with Crippen molar-refractivity contribution in [3.63, 3.8) is 0 Å². The minimum absolute atomic E-state index is 0.121. The molecule has 16 heavy (non-hydrogen) atoms. The smallest absolute Gasteiger partial charge is 0.323 e. The van der Waals surface area contributed by atoms with Gasteiger partial charge in [0, 0.05) is 0 Å². The van der Waals surface area contributed by atoms with Crippen molar-refractivity contribution < 1.29 is 9.53 Å². The number of hydrogen-bond acceptors (Lipinski definition) is 4. The second-order valence-electron chi connectivity index (χ2n) is 4.44. The average molecular weight is 245 g/mol. The van der Waals surface area contributed by atoms with Crippen LogP contribution in [0.4, 0.5) is 0 Å². The van der Waals surface area contributed by atoms with Crippen molar-refractivity contribution in [2.24, 2.45) is 5.73 Å². The van der Waals surface area contributed by atoms with Gasteiger partial charge in [0.25, 0.3) is 0 Å². The molecule has 0 aromatic rings. The zero-order valence-electron chi connectivity index (χ0n) is 10.1. The Hall–Kier alpha value is -0.220. The largest absolute Gasteiger partial charge is 0.461 e. The average Bonchev–Trinajstić information content (AvgIpc) is 2.54. The molecule has 1 aliphatic rings. The van der Waals surface area contributed by atoms with Crippen molar-refractivity contribution >= 4 is 17.7 Å². The van der Waals surface area contributed by atoms with Gasteiger partial charge in [0.2, 0.25) is 0 Å². The monoisotopic (exact) mass is 245 g/mol. The van der Waals surface area contributed by atoms with Gasteiger partial charge < -0.3 is 10.5 Å². The lowest BCUT2D eigenvalue weighted by Gasteiger charge is -2.18. The zero-order chi connectivity index (χ0) is 11.8. The molecule has 94 valence electrons. The molecular formula is C12H23NO2S. The Morgan fingerprint density at radius 3 is 2.56 bits per heavy atom. The van der Waals surface area contributed by atoms with Gasteiger partial charge in [-0.2, -0.15) is 11.8 Å². The van der Waals surface area contributed by atoms with Gasteiger partial charge in [0.1, 0.15) is 12.1 Å². The summed E-state index contributed by atoms with van der Waals surface area (Å²) >= 11 is 1.71. The van der Waals surface area contributed by atoms with Gasteiger partial charge in [0.05, 0.1) is 0 Å². The molecule has 1 saturated carbocycles. The highest BCUT2D eigenvalue weighted by atomic mass is 32.2. The van der Waals surface area contributed by atoms with Crippen molar-refractivity contribution in [1.29, 1.82) is 0 Å². The fourth-order valence-corrected chi connectivity index (χ4v) is 2.46. The number of rotatable bonds is 5. The van der Waals surface area contributed by atoms with Gasteiger partial charge >= 0.3 is 5.97 Å². The highest BCUT2D eigenvalue weighted by Crippen LogP contribution is 2.20. The summed E-state index contributed by atoms with van der Waals surface area (Å²) in [6.07, 6.45) is 9.78. The molecule has 1 unspecified atom stereocenters. The Kier molecular flexibility index (Phi) is 6.88. The van der Waals surface area contributed by atoms with Crippen LogP contribution >= 0.6 is 11.8 Å². The van der Waals surface area contributed by atoms with Gasteiger partial charge in [-0.1, -0.05) is 12.8 Å². The molecule has 0 aromatic heterocycles. The van der Waals surface area contributed by atoms with Crippen LogP contribution in [0.15, 0.2) is 0 Å². The Morgan fingerprint density at radius 2 is 2.00 bits per heavy atom. The molecule has 0 heterocycles. The third kappa shape index (κ3) is 5.21. The number of hydrogen-bond donors (Lipinski definition) is 1. The molecule has 1 rings (SSSR count). The maximum absolute atomic E-state index is 11.7. The second-order valence-corrected chi connectivity index (χ2v) is 5.42. The Labute approximate surface area is 102 Å². The first-order valence-corrected chi connectivity index (χ1v) is 7.58. The van der Waals surface area contributed by atoms with E-state index in [0.717, 1.165) is 18.6 Å². The van der Waals surface area contributed by atoms with E-state index < -0.39 is 6.04 Å². The summed E-state index contributed by atoms with van der Waals surface area (Å²) < 4.78 is 5.46. The summed E-state index contributed by atoms with van der Waals surface area (Å²) in [5, 5.41) is 0. The van der Waals surface area contributed by atoms with E-state index in [1.54, 1.807) is 11.8 Å². The molecule has 0 bridgehead atoms. The van der Waals surface area contributed by atoms with E-state index in [2.05, 4.69) is 0 Å². The summed E-state index contributed by atoms with van der Waals surface area (Å²) in [4.78, 5) is 11.7. The number of esters is 1. The van der Waals surface area contributed by atoms with E-state index in [1.165, 1.54) is 25.7 Å². The predicted molar refractivity (Wildman–Crippen MR) is 68.6 cm³/mol. The van der Waals surface area contributed by atoms with E-state index in [1.807, 2.05) is 6.26 Å². The van der Waals surface area contributed by atoms with E-state index in [0.29, 0.717) is 6.42 Å². The standard InChI is InChI=1S/C12H23NO2S/c1-16-9-8-11(13)12(14)15-10-6-4-2-3-5-7-10/h10-11H,2-9,13H2,1H3. The molecule has 3 nitrogen and oxygen atoms in total. The van der Waals surface area contributed by atoms with E-state index >= 15 is 0 Å². The molecule has 4 heteroatoms. The number of nitrogens with two attached hydrogens (primary N) is 1. The van der Waals surface area contributed by atoms with Crippen LogP contribution in [0.5, 0.6) is 0 Å². The first-order valence-electron chi connectivity index (χ1n) is 6.19. The first kappa shape index (κ1) is 13.8. The Bertz CT molecular complexity index is 203. The summed E-state index contributed by atoms with van der Waals surface area (Å²) in [5.74, 6) is 0.710. The minimum atomic E-state index is -0.435. The minimum Gasteiger partial charge on any atom is -0.461 e. The molecule has 0 radical (unpaired) electrons. The summed E-state index contributed by atoms with van der Waals surface area (Å²) in [6.45, 7) is 0. The SMILES string of the molecule is CSCCC(N)C(=O)OC1CCCCCC1. The second kappa shape index (κ2) is 7.96. The number of carbonyl (C=O) groups is 1. The fraction of sp³-hybridized carbons (Fsp3) is 0.917. The van der Waals surface area contributed by atoms with Crippen LogP contribution in [-0.4, -0.2) is 30.1 Å². The zero-order valence-corrected chi connectivity index (χ0v) is 10.9. The molecule has 1 atom stereocenters. The van der Waals surface area contributed by atoms with E-state index in [4.69, 9.17) is 10.5 Å². The molecule has 0 aromatic carbocycles. The van der Waals surface area contributed by atoms with Gasteiger partial charge in [-0.25, -0.2) is 0 Å². The van der Waals surface area contributed by atoms with Crippen molar-refractivity contribution in [2.75, 3.05) is 12.0 Å². The van der Waals surface area contributed by atoms with Crippen LogP contribution in [0.25, 0.3) is 0 Å². The van der Waals surface area contributed by atoms with Crippen LogP contribution in [0.2, 0.25) is 0 Å². The quantitative estimate of drug-likeness (QED) is 0.596. The normalized spacial score (nSPS) is 20.1. The summed E-state index contributed by atoms with van der Waals surface area (Å²) in [7, 11) is 0. The molecule has 0 spiro atoms. The van der Waals surface area contributed by atoms with Gasteiger partial charge in [-0.15, -0.1) is 0 Å². The number of thioether (sulfide) groups is 1. The molecule has 0 saturated heterocycles. The highest BCUT2D eigenvalue weighted by molar-refractivity contribution is 7.98.